The van der Waals surface area contributed by atoms with E-state index in [-0.39, 0.29) is 23.6 Å². The number of hydrogen-bond acceptors (Lipinski definition) is 4. The molecule has 2 atom stereocenters. The van der Waals surface area contributed by atoms with Gasteiger partial charge in [-0.3, -0.25) is 9.69 Å². The van der Waals surface area contributed by atoms with Crippen LogP contribution >= 0.6 is 0 Å². The molecule has 0 spiro atoms. The third kappa shape index (κ3) is 3.89. The molecule has 2 aliphatic rings. The summed E-state index contributed by atoms with van der Waals surface area (Å²) in [5.74, 6) is -2.21. The van der Waals surface area contributed by atoms with E-state index in [2.05, 4.69) is 15.8 Å². The fourth-order valence-electron chi connectivity index (χ4n) is 3.76. The lowest BCUT2D eigenvalue weighted by molar-refractivity contribution is 0.0540. The Hall–Kier alpha value is -2.42. The van der Waals surface area contributed by atoms with Gasteiger partial charge in [0, 0.05) is 38.3 Å². The second-order valence-corrected chi connectivity index (χ2v) is 7.10. The molecule has 4 rings (SSSR count). The van der Waals surface area contributed by atoms with Crippen molar-refractivity contribution in [3.05, 3.63) is 71.0 Å². The maximum absolute atomic E-state index is 13.9. The summed E-state index contributed by atoms with van der Waals surface area (Å²) in [5, 5.41) is 0. The number of carbonyl (C=O) groups excluding carboxylic acids is 1. The minimum Gasteiger partial charge on any atom is -0.336 e. The number of benzene rings is 2. The molecular formula is C20H21F3N4O. The van der Waals surface area contributed by atoms with Crippen molar-refractivity contribution in [2.24, 2.45) is 0 Å². The monoisotopic (exact) mass is 390 g/mol. The van der Waals surface area contributed by atoms with Crippen molar-refractivity contribution < 1.29 is 18.0 Å². The van der Waals surface area contributed by atoms with Crippen molar-refractivity contribution in [3.8, 4) is 0 Å². The number of carbonyl (C=O) groups is 1. The third-order valence-corrected chi connectivity index (χ3v) is 5.36. The smallest absolute Gasteiger partial charge is 0.256 e. The topological polar surface area (TPSA) is 47.6 Å². The Labute approximate surface area is 161 Å². The van der Waals surface area contributed by atoms with E-state index in [1.54, 1.807) is 17.0 Å². The van der Waals surface area contributed by atoms with Gasteiger partial charge in [0.2, 0.25) is 0 Å². The van der Waals surface area contributed by atoms with Crippen LogP contribution in [0.15, 0.2) is 42.5 Å². The average molecular weight is 390 g/mol. The molecule has 2 aromatic rings. The van der Waals surface area contributed by atoms with Crippen molar-refractivity contribution in [2.45, 2.75) is 18.6 Å². The van der Waals surface area contributed by atoms with Crippen LogP contribution in [-0.4, -0.2) is 48.1 Å². The molecular weight excluding hydrogens is 369 g/mol. The minimum atomic E-state index is -0.837. The van der Waals surface area contributed by atoms with Crippen molar-refractivity contribution in [2.75, 3.05) is 26.2 Å². The molecule has 0 aromatic heterocycles. The Bertz CT molecular complexity index is 853. The fourth-order valence-corrected chi connectivity index (χ4v) is 3.76. The lowest BCUT2D eigenvalue weighted by atomic mass is 10.0. The van der Waals surface area contributed by atoms with Crippen LogP contribution in [0.4, 0.5) is 13.2 Å². The average Bonchev–Trinajstić information content (AvgIpc) is 3.18. The molecule has 28 heavy (non-hydrogen) atoms. The highest BCUT2D eigenvalue weighted by molar-refractivity contribution is 5.94. The van der Waals surface area contributed by atoms with Crippen molar-refractivity contribution in [3.63, 3.8) is 0 Å². The van der Waals surface area contributed by atoms with Gasteiger partial charge in [-0.1, -0.05) is 12.1 Å². The highest BCUT2D eigenvalue weighted by Gasteiger charge is 2.32. The Morgan fingerprint density at radius 3 is 2.25 bits per heavy atom. The molecule has 148 valence electrons. The van der Waals surface area contributed by atoms with Crippen LogP contribution in [-0.2, 0) is 0 Å². The summed E-state index contributed by atoms with van der Waals surface area (Å²) >= 11 is 0. The molecule has 0 saturated carbocycles. The van der Waals surface area contributed by atoms with Gasteiger partial charge in [-0.05, 0) is 36.2 Å². The first-order valence-corrected chi connectivity index (χ1v) is 9.26. The van der Waals surface area contributed by atoms with E-state index in [4.69, 9.17) is 0 Å². The highest BCUT2D eigenvalue weighted by atomic mass is 19.1. The zero-order chi connectivity index (χ0) is 19.7. The van der Waals surface area contributed by atoms with Gasteiger partial charge in [0.25, 0.3) is 5.91 Å². The molecule has 2 heterocycles. The van der Waals surface area contributed by atoms with Crippen molar-refractivity contribution in [1.82, 2.24) is 20.7 Å². The normalized spacial score (nSPS) is 23.2. The van der Waals surface area contributed by atoms with E-state index in [0.717, 1.165) is 24.1 Å². The Balaban J connectivity index is 1.33. The van der Waals surface area contributed by atoms with E-state index in [9.17, 15) is 18.0 Å². The van der Waals surface area contributed by atoms with Crippen LogP contribution < -0.4 is 10.9 Å². The Morgan fingerprint density at radius 2 is 1.57 bits per heavy atom. The number of hydrogen-bond donors (Lipinski definition) is 2. The van der Waals surface area contributed by atoms with E-state index in [1.807, 2.05) is 0 Å². The quantitative estimate of drug-likeness (QED) is 0.845. The largest absolute Gasteiger partial charge is 0.336 e. The van der Waals surface area contributed by atoms with Crippen molar-refractivity contribution >= 4 is 5.91 Å². The summed E-state index contributed by atoms with van der Waals surface area (Å²) in [7, 11) is 0. The molecule has 1 amide bonds. The van der Waals surface area contributed by atoms with Gasteiger partial charge in [-0.2, -0.15) is 0 Å². The van der Waals surface area contributed by atoms with Gasteiger partial charge < -0.3 is 4.90 Å². The molecule has 2 fully saturated rings. The molecule has 2 N–H and O–H groups in total. The lowest BCUT2D eigenvalue weighted by Crippen LogP contribution is -2.55. The first kappa shape index (κ1) is 18.9. The molecule has 0 radical (unpaired) electrons. The molecule has 5 nitrogen and oxygen atoms in total. The lowest BCUT2D eigenvalue weighted by Gasteiger charge is -2.37. The number of piperazine rings is 1. The number of nitrogens with one attached hydrogen (secondary N) is 2. The van der Waals surface area contributed by atoms with Crippen LogP contribution in [0, 0.1) is 17.5 Å². The second kappa shape index (κ2) is 7.90. The Kier molecular flexibility index (Phi) is 5.34. The van der Waals surface area contributed by atoms with E-state index < -0.39 is 17.5 Å². The van der Waals surface area contributed by atoms with Crippen LogP contribution in [0.3, 0.4) is 0 Å². The number of halogens is 3. The van der Waals surface area contributed by atoms with Gasteiger partial charge >= 0.3 is 0 Å². The van der Waals surface area contributed by atoms with E-state index in [1.165, 1.54) is 18.2 Å². The summed E-state index contributed by atoms with van der Waals surface area (Å²) in [6, 6.07) is 9.53. The molecule has 0 aliphatic carbocycles. The number of hydrazine groups is 1. The second-order valence-electron chi connectivity index (χ2n) is 7.10. The van der Waals surface area contributed by atoms with Crippen LogP contribution in [0.2, 0.25) is 0 Å². The minimum absolute atomic E-state index is 0.0820. The van der Waals surface area contributed by atoms with Gasteiger partial charge in [-0.15, -0.1) is 0 Å². The van der Waals surface area contributed by atoms with Gasteiger partial charge in [0.15, 0.2) is 0 Å². The maximum atomic E-state index is 13.9. The van der Waals surface area contributed by atoms with Crippen molar-refractivity contribution in [1.29, 1.82) is 0 Å². The first-order chi connectivity index (χ1) is 13.5. The van der Waals surface area contributed by atoms with Crippen LogP contribution in [0.5, 0.6) is 0 Å². The zero-order valence-electron chi connectivity index (χ0n) is 15.2. The number of nitrogens with zero attached hydrogens (tertiary/aromatic N) is 2. The van der Waals surface area contributed by atoms with Crippen LogP contribution in [0.25, 0.3) is 0 Å². The predicted octanol–water partition coefficient (Wildman–Crippen LogP) is 2.43. The Morgan fingerprint density at radius 1 is 0.893 bits per heavy atom. The molecule has 0 bridgehead atoms. The number of amides is 1. The van der Waals surface area contributed by atoms with Gasteiger partial charge in [0.05, 0.1) is 11.7 Å². The summed E-state index contributed by atoms with van der Waals surface area (Å²) < 4.78 is 40.0. The van der Waals surface area contributed by atoms with Crippen LogP contribution in [0.1, 0.15) is 28.4 Å². The summed E-state index contributed by atoms with van der Waals surface area (Å²) in [6.45, 7) is 2.22. The van der Waals surface area contributed by atoms with E-state index in [0.29, 0.717) is 26.2 Å². The fraction of sp³-hybridized carbons (Fsp3) is 0.350. The predicted molar refractivity (Wildman–Crippen MR) is 97.7 cm³/mol. The van der Waals surface area contributed by atoms with Gasteiger partial charge in [-0.25, -0.2) is 24.0 Å². The molecule has 2 aromatic carbocycles. The van der Waals surface area contributed by atoms with Gasteiger partial charge in [0.1, 0.15) is 17.5 Å². The summed E-state index contributed by atoms with van der Waals surface area (Å²) in [4.78, 5) is 16.3. The zero-order valence-corrected chi connectivity index (χ0v) is 15.2. The molecule has 2 saturated heterocycles. The molecule has 2 aliphatic heterocycles. The van der Waals surface area contributed by atoms with E-state index >= 15 is 0 Å². The number of rotatable bonds is 3. The molecule has 8 heteroatoms. The summed E-state index contributed by atoms with van der Waals surface area (Å²) in [5.41, 5.74) is 7.40. The summed E-state index contributed by atoms with van der Waals surface area (Å²) in [6.07, 6.45) is 0.904. The first-order valence-electron chi connectivity index (χ1n) is 9.26. The maximum Gasteiger partial charge on any atom is 0.256 e. The highest BCUT2D eigenvalue weighted by Crippen LogP contribution is 2.25. The molecule has 2 unspecified atom stereocenters. The standard InChI is InChI=1S/C20H21F3N4O/c21-14-3-1-13(2-4-14)18-12-19(25-24-18)26-7-9-27(10-8-26)20(28)16-6-5-15(22)11-17(16)23/h1-6,11,18-19,24-25H,7-10,12H2. The third-order valence-electron chi connectivity index (χ3n) is 5.36. The SMILES string of the molecule is O=C(c1ccc(F)cc1F)N1CCN(C2CC(c3ccc(F)cc3)NN2)CC1.